The monoisotopic (exact) mass is 992 g/mol. The Balaban J connectivity index is 0.994. The molecule has 8 aliphatic rings. The molecule has 4 saturated carbocycles. The maximum Gasteiger partial charge on any atom is 0.314 e. The van der Waals surface area contributed by atoms with Gasteiger partial charge < -0.3 is 104 Å². The normalized spacial score (nSPS) is 53.3. The van der Waals surface area contributed by atoms with Crippen LogP contribution in [-0.2, 0) is 42.7 Å². The quantitative estimate of drug-likeness (QED) is 0.0587. The van der Waals surface area contributed by atoms with Crippen LogP contribution >= 0.6 is 0 Å². The van der Waals surface area contributed by atoms with Crippen LogP contribution in [0.3, 0.4) is 0 Å². The van der Waals surface area contributed by atoms with Gasteiger partial charge in [-0.15, -0.1) is 0 Å². The molecule has 4 aliphatic carbocycles. The van der Waals surface area contributed by atoms with Crippen molar-refractivity contribution in [2.24, 2.45) is 34.0 Å². The number of hydrogen-bond donors (Lipinski definition) is 13. The fourth-order valence-corrected chi connectivity index (χ4v) is 14.2. The van der Waals surface area contributed by atoms with E-state index in [1.165, 1.54) is 6.92 Å². The number of ether oxygens (including phenoxy) is 8. The van der Waals surface area contributed by atoms with E-state index >= 15 is 0 Å². The molecule has 22 nitrogen and oxygen atoms in total. The van der Waals surface area contributed by atoms with Gasteiger partial charge in [-0.05, 0) is 93.5 Å². The summed E-state index contributed by atoms with van der Waals surface area (Å²) in [5.74, 6) is -1.61. The molecule has 22 heteroatoms. The third kappa shape index (κ3) is 9.38. The first-order chi connectivity index (χ1) is 32.6. The molecule has 0 aromatic heterocycles. The van der Waals surface area contributed by atoms with E-state index < -0.39 is 159 Å². The van der Waals surface area contributed by atoms with Crippen LogP contribution in [-0.4, -0.2) is 234 Å². The van der Waals surface area contributed by atoms with E-state index in [4.69, 9.17) is 37.9 Å². The minimum absolute atomic E-state index is 0.121. The van der Waals surface area contributed by atoms with Crippen molar-refractivity contribution in [1.82, 2.24) is 0 Å². The highest BCUT2D eigenvalue weighted by Crippen LogP contribution is 2.73. The standard InChI is InChI=1S/C47H76O22/c1-20-12-46-10-6-28-44(3,8-5-9-45(28,4)43(61)69-42-39(60)37(58)33(54)25(15-50)67-42)29(46)7-11-47(20,19-46)63-18-27-40(68-41-38(59)35(56)30(51)21(2)64-41)22(31(52)23(13-48)66-27)16-62-17-26-34(55)36(57)32(53)24(14-49)65-26/h21-42,48-60H,1,5-19H2,2-4H3/t21?,22-,23?,24?,25?,26+,27+,28?,29+,30+,31+,32-,33-,34?,35+,36-,37-,38?,39?,40?,41+,42+,44-,45-,46-,47+/m1/s1. The smallest absolute Gasteiger partial charge is 0.314 e. The van der Waals surface area contributed by atoms with Crippen molar-refractivity contribution in [3.8, 4) is 0 Å². The predicted molar refractivity (Wildman–Crippen MR) is 232 cm³/mol. The molecule has 4 heterocycles. The van der Waals surface area contributed by atoms with E-state index in [2.05, 4.69) is 13.5 Å². The summed E-state index contributed by atoms with van der Waals surface area (Å²) in [6, 6.07) is 0. The second-order valence-corrected chi connectivity index (χ2v) is 21.9. The zero-order valence-electron chi connectivity index (χ0n) is 39.5. The summed E-state index contributed by atoms with van der Waals surface area (Å²) in [4.78, 5) is 14.3. The topological polar surface area (TPSA) is 354 Å². The molecule has 13 N–H and O–H groups in total. The number of rotatable bonds is 14. The summed E-state index contributed by atoms with van der Waals surface area (Å²) in [6.07, 6.45) is -21.3. The highest BCUT2D eigenvalue weighted by Gasteiger charge is 2.69. The largest absolute Gasteiger partial charge is 0.432 e. The third-order valence-corrected chi connectivity index (χ3v) is 18.0. The lowest BCUT2D eigenvalue weighted by Gasteiger charge is -2.64. The van der Waals surface area contributed by atoms with Crippen LogP contribution in [0.4, 0.5) is 0 Å². The summed E-state index contributed by atoms with van der Waals surface area (Å²) < 4.78 is 48.5. The van der Waals surface area contributed by atoms with Crippen LogP contribution < -0.4 is 0 Å². The van der Waals surface area contributed by atoms with Gasteiger partial charge in [-0.1, -0.05) is 19.9 Å². The van der Waals surface area contributed by atoms with Crippen molar-refractivity contribution in [1.29, 1.82) is 0 Å². The van der Waals surface area contributed by atoms with E-state index in [0.29, 0.717) is 32.1 Å². The van der Waals surface area contributed by atoms with Gasteiger partial charge in [-0.3, -0.25) is 4.79 Å². The zero-order chi connectivity index (χ0) is 50.1. The first-order valence-electron chi connectivity index (χ1n) is 24.6. The van der Waals surface area contributed by atoms with Gasteiger partial charge in [-0.25, -0.2) is 0 Å². The number of carbonyl (C=O) groups is 1. The third-order valence-electron chi connectivity index (χ3n) is 18.0. The summed E-state index contributed by atoms with van der Waals surface area (Å²) in [5.41, 5.74) is -1.50. The number of carbonyl (C=O) groups excluding carboxylic acids is 1. The number of aliphatic hydroxyl groups excluding tert-OH is 13. The first-order valence-corrected chi connectivity index (χ1v) is 24.6. The fraction of sp³-hybridized carbons (Fsp3) is 0.936. The Morgan fingerprint density at radius 3 is 1.88 bits per heavy atom. The van der Waals surface area contributed by atoms with E-state index in [0.717, 1.165) is 31.3 Å². The van der Waals surface area contributed by atoms with E-state index in [1.807, 2.05) is 6.92 Å². The Kier molecular flexibility index (Phi) is 16.0. The van der Waals surface area contributed by atoms with Gasteiger partial charge in [0, 0.05) is 5.92 Å². The van der Waals surface area contributed by atoms with Crippen LogP contribution in [0.15, 0.2) is 12.2 Å². The lowest BCUT2D eigenvalue weighted by Crippen LogP contribution is -2.64. The number of hydrogen-bond acceptors (Lipinski definition) is 22. The minimum Gasteiger partial charge on any atom is -0.432 e. The minimum atomic E-state index is -1.74. The highest BCUT2D eigenvalue weighted by molar-refractivity contribution is 5.77. The van der Waals surface area contributed by atoms with Gasteiger partial charge in [-0.2, -0.15) is 0 Å². The van der Waals surface area contributed by atoms with Crippen LogP contribution in [0.2, 0.25) is 0 Å². The van der Waals surface area contributed by atoms with Crippen LogP contribution in [0.25, 0.3) is 0 Å². The molecule has 4 saturated heterocycles. The van der Waals surface area contributed by atoms with Crippen molar-refractivity contribution in [2.45, 2.75) is 201 Å². The first kappa shape index (κ1) is 53.7. The van der Waals surface area contributed by atoms with Crippen molar-refractivity contribution in [2.75, 3.05) is 39.6 Å². The van der Waals surface area contributed by atoms with Gasteiger partial charge in [0.15, 0.2) is 6.29 Å². The lowest BCUT2D eigenvalue weighted by atomic mass is 9.41. The Bertz CT molecular complexity index is 1790. The van der Waals surface area contributed by atoms with Crippen molar-refractivity contribution in [3.63, 3.8) is 0 Å². The molecule has 0 amide bonds. The van der Waals surface area contributed by atoms with Crippen molar-refractivity contribution < 1.29 is 109 Å². The predicted octanol–water partition coefficient (Wildman–Crippen LogP) is -3.75. The Morgan fingerprint density at radius 2 is 1.20 bits per heavy atom. The summed E-state index contributed by atoms with van der Waals surface area (Å²) >= 11 is 0. The second kappa shape index (κ2) is 20.6. The number of fused-ring (bicyclic) bond motifs is 3. The van der Waals surface area contributed by atoms with Gasteiger partial charge in [0.2, 0.25) is 6.29 Å². The summed E-state index contributed by atoms with van der Waals surface area (Å²) in [5, 5.41) is 136. The molecule has 2 bridgehead atoms. The fourth-order valence-electron chi connectivity index (χ4n) is 14.2. The lowest BCUT2D eigenvalue weighted by molar-refractivity contribution is -0.338. The highest BCUT2D eigenvalue weighted by atomic mass is 16.7. The molecule has 9 unspecified atom stereocenters. The van der Waals surface area contributed by atoms with E-state index in [-0.39, 0.29) is 42.5 Å². The molecule has 8 fully saturated rings. The number of aliphatic hydroxyl groups is 13. The maximum atomic E-state index is 14.3. The molecule has 396 valence electrons. The zero-order valence-corrected chi connectivity index (χ0v) is 39.5. The maximum absolute atomic E-state index is 14.3. The average molecular weight is 993 g/mol. The van der Waals surface area contributed by atoms with Crippen LogP contribution in [0, 0.1) is 34.0 Å². The molecule has 26 atom stereocenters. The Morgan fingerprint density at radius 1 is 0.623 bits per heavy atom. The molecule has 8 rings (SSSR count). The molecular weight excluding hydrogens is 916 g/mol. The SMILES string of the molecule is C=C1C[C@@]23CCC4[C@](C)(C(=O)O[C@@H]5OC(CO)[C@@H](O)[C@@H](O)C5O)CCC[C@@]4(C)[C@@H]2CC[C@]1(OC[C@@H]1OC(CO)[C@@H](O)[C@@H](COC[C@@H]2OC(CO)[C@@H](O)[C@@H](O)C2O)C1O[C@@H]1OC(C)[C@H](O)[C@H](O)C1O)C3. The van der Waals surface area contributed by atoms with Crippen molar-refractivity contribution in [3.05, 3.63) is 12.2 Å². The van der Waals surface area contributed by atoms with Gasteiger partial charge >= 0.3 is 5.97 Å². The Hall–Kier alpha value is -1.59. The Labute approximate surface area is 400 Å². The molecule has 0 radical (unpaired) electrons. The van der Waals surface area contributed by atoms with Gasteiger partial charge in [0.05, 0.1) is 69.0 Å². The van der Waals surface area contributed by atoms with Crippen molar-refractivity contribution >= 4 is 5.97 Å². The van der Waals surface area contributed by atoms with Crippen LogP contribution in [0.1, 0.15) is 78.6 Å². The summed E-state index contributed by atoms with van der Waals surface area (Å²) in [7, 11) is 0. The molecule has 1 spiro atoms. The molecule has 69 heavy (non-hydrogen) atoms. The van der Waals surface area contributed by atoms with Crippen LogP contribution in [0.5, 0.6) is 0 Å². The second-order valence-electron chi connectivity index (χ2n) is 21.9. The molecule has 4 aliphatic heterocycles. The van der Waals surface area contributed by atoms with E-state index in [9.17, 15) is 71.2 Å². The average Bonchev–Trinajstić information content (AvgIpc) is 3.53. The molecular formula is C47H76O22. The summed E-state index contributed by atoms with van der Waals surface area (Å²) in [6.45, 7) is 7.36. The number of esters is 1. The molecule has 0 aromatic carbocycles. The van der Waals surface area contributed by atoms with Gasteiger partial charge in [0.25, 0.3) is 0 Å². The van der Waals surface area contributed by atoms with Gasteiger partial charge in [0.1, 0.15) is 85.5 Å². The van der Waals surface area contributed by atoms with E-state index in [1.54, 1.807) is 0 Å². The molecule has 0 aromatic rings.